The molecule has 35 heavy (non-hydrogen) atoms. The molecule has 2 unspecified atom stereocenters. The molecule has 3 amide bonds. The third-order valence-electron chi connectivity index (χ3n) is 4.98. The second-order valence-corrected chi connectivity index (χ2v) is 9.80. The van der Waals surface area contributed by atoms with E-state index in [2.05, 4.69) is 15.4 Å². The number of likely N-dealkylation sites (N-methyl/N-ethyl adjacent to an activating group) is 1. The highest BCUT2D eigenvalue weighted by molar-refractivity contribution is 7.98. The van der Waals surface area contributed by atoms with Crippen LogP contribution in [0.4, 0.5) is 4.79 Å². The van der Waals surface area contributed by atoms with Gasteiger partial charge in [-0.25, -0.2) is 4.79 Å². The first-order chi connectivity index (χ1) is 16.4. The number of hydrogen-bond donors (Lipinski definition) is 3. The average Bonchev–Trinajstić information content (AvgIpc) is 2.78. The molecule has 3 N–H and O–H groups in total. The van der Waals surface area contributed by atoms with E-state index >= 15 is 0 Å². The zero-order valence-corrected chi connectivity index (χ0v) is 22.3. The van der Waals surface area contributed by atoms with E-state index in [9.17, 15) is 24.3 Å². The lowest BCUT2D eigenvalue weighted by Gasteiger charge is -2.34. The number of carbonyl (C=O) groups is 4. The van der Waals surface area contributed by atoms with Gasteiger partial charge in [-0.05, 0) is 58.6 Å². The van der Waals surface area contributed by atoms with Crippen molar-refractivity contribution in [1.82, 2.24) is 15.5 Å². The van der Waals surface area contributed by atoms with E-state index in [1.165, 1.54) is 23.8 Å². The summed E-state index contributed by atoms with van der Waals surface area (Å²) in [7, 11) is 1.19. The Morgan fingerprint density at radius 2 is 1.86 bits per heavy atom. The van der Waals surface area contributed by atoms with Crippen LogP contribution in [0.5, 0.6) is 5.75 Å². The number of phenolic OH excluding ortho intramolecular Hbond substituents is 1. The number of carbonyl (C=O) groups excluding carboxylic acids is 4. The van der Waals surface area contributed by atoms with Crippen LogP contribution in [0.3, 0.4) is 0 Å². The minimum absolute atomic E-state index is 0.0916. The van der Waals surface area contributed by atoms with E-state index in [1.807, 2.05) is 6.26 Å². The molecule has 1 aromatic carbocycles. The summed E-state index contributed by atoms with van der Waals surface area (Å²) in [6.45, 7) is 8.18. The maximum Gasteiger partial charge on any atom is 0.408 e. The van der Waals surface area contributed by atoms with Gasteiger partial charge in [0, 0.05) is 12.1 Å². The maximum atomic E-state index is 13.7. The predicted octanol–water partition coefficient (Wildman–Crippen LogP) is 2.53. The Hall–Kier alpha value is -2.95. The van der Waals surface area contributed by atoms with Gasteiger partial charge >= 0.3 is 12.1 Å². The molecule has 0 aromatic heterocycles. The standard InChI is InChI=1S/C24H37N3O7S/c1-8-27(22(31)17(12-13-35-7)26-23(32)34-24(3,4)5)19(21(30)25-14-18(28)33-6)16-11-9-10-15(2)20(16)29/h9-11,17,19,29H,8,12-14H2,1-7H3,(H,25,30)(H,26,32). The van der Waals surface area contributed by atoms with Crippen LogP contribution < -0.4 is 10.6 Å². The van der Waals surface area contributed by atoms with Crippen molar-refractivity contribution < 1.29 is 33.8 Å². The number of esters is 1. The molecule has 0 aliphatic carbocycles. The van der Waals surface area contributed by atoms with Crippen molar-refractivity contribution in [3.63, 3.8) is 0 Å². The summed E-state index contributed by atoms with van der Waals surface area (Å²) in [6, 6.07) is 2.65. The number of benzene rings is 1. The fraction of sp³-hybridized carbons (Fsp3) is 0.583. The number of nitrogens with zero attached hydrogens (tertiary/aromatic N) is 1. The molecule has 0 fully saturated rings. The van der Waals surface area contributed by atoms with Crippen LogP contribution >= 0.6 is 11.8 Å². The van der Waals surface area contributed by atoms with Gasteiger partial charge in [-0.2, -0.15) is 11.8 Å². The Bertz CT molecular complexity index is 902. The summed E-state index contributed by atoms with van der Waals surface area (Å²) in [5.41, 5.74) is -0.0447. The lowest BCUT2D eigenvalue weighted by atomic mass is 9.99. The number of amides is 3. The Balaban J connectivity index is 3.40. The van der Waals surface area contributed by atoms with Gasteiger partial charge in [-0.3, -0.25) is 14.4 Å². The first-order valence-corrected chi connectivity index (χ1v) is 12.7. The highest BCUT2D eigenvalue weighted by Crippen LogP contribution is 2.32. The van der Waals surface area contributed by atoms with Crippen molar-refractivity contribution in [2.24, 2.45) is 0 Å². The molecule has 11 heteroatoms. The fourth-order valence-corrected chi connectivity index (χ4v) is 3.76. The molecule has 0 saturated heterocycles. The molecule has 0 aliphatic rings. The summed E-state index contributed by atoms with van der Waals surface area (Å²) < 4.78 is 9.90. The van der Waals surface area contributed by atoms with Gasteiger partial charge in [-0.1, -0.05) is 18.2 Å². The molecule has 1 rings (SSSR count). The monoisotopic (exact) mass is 511 g/mol. The first-order valence-electron chi connectivity index (χ1n) is 11.3. The lowest BCUT2D eigenvalue weighted by Crippen LogP contribution is -2.53. The third-order valence-corrected chi connectivity index (χ3v) is 5.63. The van der Waals surface area contributed by atoms with E-state index in [0.717, 1.165) is 0 Å². The second kappa shape index (κ2) is 13.8. The first kappa shape index (κ1) is 30.1. The Morgan fingerprint density at radius 3 is 2.40 bits per heavy atom. The largest absolute Gasteiger partial charge is 0.507 e. The van der Waals surface area contributed by atoms with E-state index in [-0.39, 0.29) is 17.9 Å². The molecule has 0 saturated carbocycles. The molecule has 0 heterocycles. The van der Waals surface area contributed by atoms with Crippen LogP contribution in [-0.2, 0) is 23.9 Å². The summed E-state index contributed by atoms with van der Waals surface area (Å²) >= 11 is 1.50. The van der Waals surface area contributed by atoms with Crippen molar-refractivity contribution in [2.75, 3.05) is 32.2 Å². The highest BCUT2D eigenvalue weighted by Gasteiger charge is 2.36. The van der Waals surface area contributed by atoms with Gasteiger partial charge in [0.1, 0.15) is 30.0 Å². The lowest BCUT2D eigenvalue weighted by molar-refractivity contribution is -0.144. The molecule has 0 aliphatic heterocycles. The van der Waals surface area contributed by atoms with Crippen molar-refractivity contribution in [3.05, 3.63) is 29.3 Å². The van der Waals surface area contributed by atoms with Gasteiger partial charge in [0.15, 0.2) is 0 Å². The predicted molar refractivity (Wildman–Crippen MR) is 134 cm³/mol. The number of hydrogen-bond acceptors (Lipinski definition) is 8. The number of para-hydroxylation sites is 1. The van der Waals surface area contributed by atoms with Crippen molar-refractivity contribution in [2.45, 2.75) is 58.7 Å². The summed E-state index contributed by atoms with van der Waals surface area (Å²) in [6.07, 6.45) is 1.42. The van der Waals surface area contributed by atoms with E-state index in [4.69, 9.17) is 4.74 Å². The van der Waals surface area contributed by atoms with Gasteiger partial charge < -0.3 is 30.1 Å². The van der Waals surface area contributed by atoms with Gasteiger partial charge in [0.2, 0.25) is 11.8 Å². The van der Waals surface area contributed by atoms with E-state index < -0.39 is 48.1 Å². The maximum absolute atomic E-state index is 13.7. The van der Waals surface area contributed by atoms with Crippen LogP contribution in [0.2, 0.25) is 0 Å². The Kier molecular flexibility index (Phi) is 11.9. The quantitative estimate of drug-likeness (QED) is 0.386. The zero-order valence-electron chi connectivity index (χ0n) is 21.5. The number of alkyl carbamates (subject to hydrolysis) is 1. The van der Waals surface area contributed by atoms with Crippen LogP contribution in [0.1, 0.15) is 51.3 Å². The number of methoxy groups -OCH3 is 1. The molecule has 0 spiro atoms. The summed E-state index contributed by atoms with van der Waals surface area (Å²) in [5.74, 6) is -1.43. The molecule has 196 valence electrons. The normalized spacial score (nSPS) is 12.8. The minimum atomic E-state index is -1.26. The SMILES string of the molecule is CCN(C(=O)C(CCSC)NC(=O)OC(C)(C)C)C(C(=O)NCC(=O)OC)c1cccc(C)c1O. The molecular weight excluding hydrogens is 474 g/mol. The molecule has 0 radical (unpaired) electrons. The summed E-state index contributed by atoms with van der Waals surface area (Å²) in [5, 5.41) is 15.8. The summed E-state index contributed by atoms with van der Waals surface area (Å²) in [4.78, 5) is 52.2. The van der Waals surface area contributed by atoms with Crippen molar-refractivity contribution in [1.29, 1.82) is 0 Å². The molecule has 10 nitrogen and oxygen atoms in total. The number of thioether (sulfide) groups is 1. The number of rotatable bonds is 11. The Labute approximate surface area is 211 Å². The van der Waals surface area contributed by atoms with Gasteiger partial charge in [0.05, 0.1) is 7.11 Å². The fourth-order valence-electron chi connectivity index (χ4n) is 3.29. The number of phenols is 1. The number of aryl methyl sites for hydroxylation is 1. The third kappa shape index (κ3) is 9.31. The van der Waals surface area contributed by atoms with E-state index in [1.54, 1.807) is 52.8 Å². The topological polar surface area (TPSA) is 134 Å². The van der Waals surface area contributed by atoms with Gasteiger partial charge in [0.25, 0.3) is 0 Å². The average molecular weight is 512 g/mol. The molecule has 1 aromatic rings. The second-order valence-electron chi connectivity index (χ2n) is 8.81. The zero-order chi connectivity index (χ0) is 26.8. The molecule has 0 bridgehead atoms. The van der Waals surface area contributed by atoms with Crippen LogP contribution in [0, 0.1) is 6.92 Å². The van der Waals surface area contributed by atoms with Crippen molar-refractivity contribution in [3.8, 4) is 5.75 Å². The molecular formula is C24H37N3O7S. The number of ether oxygens (including phenoxy) is 2. The van der Waals surface area contributed by atoms with Crippen LogP contribution in [0.15, 0.2) is 18.2 Å². The Morgan fingerprint density at radius 1 is 1.20 bits per heavy atom. The number of aromatic hydroxyl groups is 1. The van der Waals surface area contributed by atoms with E-state index in [0.29, 0.717) is 17.7 Å². The van der Waals surface area contributed by atoms with Crippen LogP contribution in [-0.4, -0.2) is 77.7 Å². The van der Waals surface area contributed by atoms with Gasteiger partial charge in [-0.15, -0.1) is 0 Å². The highest BCUT2D eigenvalue weighted by atomic mass is 32.2. The number of nitrogens with one attached hydrogen (secondary N) is 2. The smallest absolute Gasteiger partial charge is 0.408 e. The van der Waals surface area contributed by atoms with Crippen molar-refractivity contribution >= 4 is 35.6 Å². The minimum Gasteiger partial charge on any atom is -0.507 e. The molecule has 2 atom stereocenters. The van der Waals surface area contributed by atoms with Crippen LogP contribution in [0.25, 0.3) is 0 Å².